The number of carbonyl (C=O) groups is 1. The van der Waals surface area contributed by atoms with E-state index in [-0.39, 0.29) is 11.7 Å². The molecule has 0 radical (unpaired) electrons. The fourth-order valence-corrected chi connectivity index (χ4v) is 4.27. The summed E-state index contributed by atoms with van der Waals surface area (Å²) in [4.78, 5) is 16.6. The molecule has 2 aromatic carbocycles. The van der Waals surface area contributed by atoms with Gasteiger partial charge in [-0.3, -0.25) is 14.3 Å². The second-order valence-electron chi connectivity index (χ2n) is 6.92. The predicted molar refractivity (Wildman–Crippen MR) is 128 cm³/mol. The Labute approximate surface area is 200 Å². The van der Waals surface area contributed by atoms with E-state index in [2.05, 4.69) is 20.5 Å². The average Bonchev–Trinajstić information content (AvgIpc) is 3.23. The highest BCUT2D eigenvalue weighted by Gasteiger charge is 2.19. The fraction of sp³-hybridized carbons (Fsp3) is 0.130. The molecule has 0 unspecified atom stereocenters. The largest absolute Gasteiger partial charge is 0.351 e. The number of nitrogens with zero attached hydrogens (tertiary/aromatic N) is 4. The number of thioether (sulfide) groups is 1. The summed E-state index contributed by atoms with van der Waals surface area (Å²) in [6, 6.07) is 16.8. The molecule has 0 spiro atoms. The van der Waals surface area contributed by atoms with Gasteiger partial charge in [-0.05, 0) is 48.4 Å². The SMILES string of the molecule is Cc1c(Cl)cccc1-n1c(SCC(=O)NCc2ccccc2Cl)nnc1-c1ccncc1. The molecular formula is C23H19Cl2N5OS. The zero-order valence-electron chi connectivity index (χ0n) is 17.1. The molecule has 0 saturated heterocycles. The Morgan fingerprint density at radius 3 is 2.53 bits per heavy atom. The van der Waals surface area contributed by atoms with Crippen LogP contribution in [-0.4, -0.2) is 31.4 Å². The second-order valence-corrected chi connectivity index (χ2v) is 8.68. The molecule has 9 heteroatoms. The lowest BCUT2D eigenvalue weighted by atomic mass is 10.2. The minimum absolute atomic E-state index is 0.127. The van der Waals surface area contributed by atoms with E-state index in [1.165, 1.54) is 11.8 Å². The van der Waals surface area contributed by atoms with Gasteiger partial charge in [-0.2, -0.15) is 0 Å². The number of hydrogen-bond acceptors (Lipinski definition) is 5. The number of amides is 1. The summed E-state index contributed by atoms with van der Waals surface area (Å²) in [5, 5.41) is 13.5. The van der Waals surface area contributed by atoms with E-state index in [1.54, 1.807) is 18.5 Å². The highest BCUT2D eigenvalue weighted by atomic mass is 35.5. The maximum absolute atomic E-state index is 12.5. The molecule has 2 aromatic heterocycles. The van der Waals surface area contributed by atoms with Crippen LogP contribution in [0.25, 0.3) is 17.1 Å². The first-order chi connectivity index (χ1) is 15.5. The Kier molecular flexibility index (Phi) is 7.09. The normalized spacial score (nSPS) is 10.8. The summed E-state index contributed by atoms with van der Waals surface area (Å²) in [6.07, 6.45) is 3.41. The van der Waals surface area contributed by atoms with Crippen LogP contribution in [0.1, 0.15) is 11.1 Å². The van der Waals surface area contributed by atoms with Gasteiger partial charge in [-0.15, -0.1) is 10.2 Å². The first kappa shape index (κ1) is 22.3. The number of benzene rings is 2. The van der Waals surface area contributed by atoms with Gasteiger partial charge in [-0.1, -0.05) is 59.2 Å². The third kappa shape index (κ3) is 4.96. The van der Waals surface area contributed by atoms with E-state index in [4.69, 9.17) is 23.2 Å². The quantitative estimate of drug-likeness (QED) is 0.358. The van der Waals surface area contributed by atoms with Crippen molar-refractivity contribution in [3.63, 3.8) is 0 Å². The van der Waals surface area contributed by atoms with E-state index in [0.29, 0.717) is 27.6 Å². The Morgan fingerprint density at radius 2 is 1.75 bits per heavy atom. The monoisotopic (exact) mass is 483 g/mol. The molecule has 0 aliphatic rings. The third-order valence-electron chi connectivity index (χ3n) is 4.82. The summed E-state index contributed by atoms with van der Waals surface area (Å²) in [7, 11) is 0. The number of aromatic nitrogens is 4. The number of nitrogens with one attached hydrogen (secondary N) is 1. The molecule has 1 N–H and O–H groups in total. The van der Waals surface area contributed by atoms with Crippen molar-refractivity contribution >= 4 is 40.9 Å². The topological polar surface area (TPSA) is 72.7 Å². The van der Waals surface area contributed by atoms with Crippen LogP contribution in [0, 0.1) is 6.92 Å². The van der Waals surface area contributed by atoms with E-state index < -0.39 is 0 Å². The van der Waals surface area contributed by atoms with Crippen molar-refractivity contribution in [2.75, 3.05) is 5.75 Å². The van der Waals surface area contributed by atoms with Crippen molar-refractivity contribution in [2.45, 2.75) is 18.6 Å². The number of halogens is 2. The molecule has 1 amide bonds. The Hall–Kier alpha value is -2.87. The summed E-state index contributed by atoms with van der Waals surface area (Å²) >= 11 is 13.8. The molecule has 6 nitrogen and oxygen atoms in total. The maximum Gasteiger partial charge on any atom is 0.230 e. The fourth-order valence-electron chi connectivity index (χ4n) is 3.12. The second kappa shape index (κ2) is 10.2. The van der Waals surface area contributed by atoms with Gasteiger partial charge >= 0.3 is 0 Å². The smallest absolute Gasteiger partial charge is 0.230 e. The van der Waals surface area contributed by atoms with E-state index in [1.807, 2.05) is 60.0 Å². The molecular weight excluding hydrogens is 465 g/mol. The molecule has 0 aliphatic heterocycles. The average molecular weight is 484 g/mol. The maximum atomic E-state index is 12.5. The van der Waals surface area contributed by atoms with Crippen LogP contribution in [0.15, 0.2) is 72.1 Å². The van der Waals surface area contributed by atoms with Crippen molar-refractivity contribution in [1.82, 2.24) is 25.1 Å². The molecule has 4 rings (SSSR count). The molecule has 0 saturated carbocycles. The Bertz CT molecular complexity index is 1250. The number of carbonyl (C=O) groups excluding carboxylic acids is 1. The van der Waals surface area contributed by atoms with Gasteiger partial charge in [0, 0.05) is 34.5 Å². The van der Waals surface area contributed by atoms with Crippen molar-refractivity contribution in [3.8, 4) is 17.1 Å². The molecule has 32 heavy (non-hydrogen) atoms. The van der Waals surface area contributed by atoms with E-state index in [9.17, 15) is 4.79 Å². The van der Waals surface area contributed by atoms with Gasteiger partial charge in [0.25, 0.3) is 0 Å². The molecule has 0 bridgehead atoms. The van der Waals surface area contributed by atoms with Crippen LogP contribution in [0.3, 0.4) is 0 Å². The number of hydrogen-bond donors (Lipinski definition) is 1. The zero-order chi connectivity index (χ0) is 22.5. The van der Waals surface area contributed by atoms with Gasteiger partial charge in [0.15, 0.2) is 11.0 Å². The molecule has 4 aromatic rings. The van der Waals surface area contributed by atoms with E-state index in [0.717, 1.165) is 22.4 Å². The van der Waals surface area contributed by atoms with E-state index >= 15 is 0 Å². The molecule has 0 fully saturated rings. The highest BCUT2D eigenvalue weighted by Crippen LogP contribution is 2.31. The minimum atomic E-state index is -0.127. The number of rotatable bonds is 7. The Balaban J connectivity index is 1.57. The first-order valence-corrected chi connectivity index (χ1v) is 11.5. The van der Waals surface area contributed by atoms with Crippen LogP contribution < -0.4 is 5.32 Å². The van der Waals surface area contributed by atoms with Gasteiger partial charge in [0.2, 0.25) is 5.91 Å². The van der Waals surface area contributed by atoms with Crippen molar-refractivity contribution in [2.24, 2.45) is 0 Å². The molecule has 0 aliphatic carbocycles. The van der Waals surface area contributed by atoms with Gasteiger partial charge < -0.3 is 5.32 Å². The van der Waals surface area contributed by atoms with Crippen molar-refractivity contribution in [1.29, 1.82) is 0 Å². The summed E-state index contributed by atoms with van der Waals surface area (Å²) in [6.45, 7) is 2.31. The van der Waals surface area contributed by atoms with Gasteiger partial charge in [0.05, 0.1) is 11.4 Å². The number of pyridine rings is 1. The predicted octanol–water partition coefficient (Wildman–Crippen LogP) is 5.35. The summed E-state index contributed by atoms with van der Waals surface area (Å²) in [5.74, 6) is 0.702. The lowest BCUT2D eigenvalue weighted by molar-refractivity contribution is -0.118. The lowest BCUT2D eigenvalue weighted by Crippen LogP contribution is -2.24. The van der Waals surface area contributed by atoms with Gasteiger partial charge in [-0.25, -0.2) is 0 Å². The highest BCUT2D eigenvalue weighted by molar-refractivity contribution is 7.99. The first-order valence-electron chi connectivity index (χ1n) is 9.79. The van der Waals surface area contributed by atoms with Crippen LogP contribution >= 0.6 is 35.0 Å². The standard InChI is InChI=1S/C23H19Cl2N5OS/c1-15-18(24)7-4-8-20(15)30-22(16-9-11-26-12-10-16)28-29-23(30)32-14-21(31)27-13-17-5-2-3-6-19(17)25/h2-12H,13-14H2,1H3,(H,27,31). The zero-order valence-corrected chi connectivity index (χ0v) is 19.5. The molecule has 2 heterocycles. The van der Waals surface area contributed by atoms with Crippen molar-refractivity contribution < 1.29 is 4.79 Å². The van der Waals surface area contributed by atoms with Crippen LogP contribution in [0.2, 0.25) is 10.0 Å². The van der Waals surface area contributed by atoms with Gasteiger partial charge in [0.1, 0.15) is 0 Å². The third-order valence-corrected chi connectivity index (χ3v) is 6.53. The van der Waals surface area contributed by atoms with Crippen molar-refractivity contribution in [3.05, 3.63) is 88.2 Å². The van der Waals surface area contributed by atoms with Crippen LogP contribution in [0.4, 0.5) is 0 Å². The Morgan fingerprint density at radius 1 is 1.00 bits per heavy atom. The lowest BCUT2D eigenvalue weighted by Gasteiger charge is -2.14. The summed E-state index contributed by atoms with van der Waals surface area (Å²) < 4.78 is 1.92. The minimum Gasteiger partial charge on any atom is -0.351 e. The summed E-state index contributed by atoms with van der Waals surface area (Å²) in [5.41, 5.74) is 3.48. The van der Waals surface area contributed by atoms with Crippen LogP contribution in [-0.2, 0) is 11.3 Å². The molecule has 0 atom stereocenters. The molecule has 162 valence electrons. The van der Waals surface area contributed by atoms with Crippen LogP contribution in [0.5, 0.6) is 0 Å².